The van der Waals surface area contributed by atoms with Gasteiger partial charge in [0.05, 0.1) is 19.0 Å². The maximum atomic E-state index is 12.7. The Morgan fingerprint density at radius 1 is 1.14 bits per heavy atom. The van der Waals surface area contributed by atoms with Gasteiger partial charge in [-0.25, -0.2) is 4.73 Å². The summed E-state index contributed by atoms with van der Waals surface area (Å²) in [6.07, 6.45) is -1.70. The molecule has 1 aromatic heterocycles. The Kier molecular flexibility index (Phi) is 7.28. The molecule has 1 atom stereocenters. The third-order valence-electron chi connectivity index (χ3n) is 6.73. The molecule has 2 aromatic rings. The number of nitrogens with one attached hydrogen (secondary N) is 1. The summed E-state index contributed by atoms with van der Waals surface area (Å²) in [5.74, 6) is 0.771. The Morgan fingerprint density at radius 3 is 2.49 bits per heavy atom. The van der Waals surface area contributed by atoms with Gasteiger partial charge < -0.3 is 19.7 Å². The summed E-state index contributed by atoms with van der Waals surface area (Å²) in [7, 11) is 0. The quantitative estimate of drug-likeness (QED) is 0.487. The van der Waals surface area contributed by atoms with Crippen LogP contribution in [0.4, 0.5) is 24.7 Å². The van der Waals surface area contributed by atoms with Gasteiger partial charge in [0, 0.05) is 37.8 Å². The lowest BCUT2D eigenvalue weighted by molar-refractivity contribution is -0.597. The number of ether oxygens (including phenoxy) is 1. The van der Waals surface area contributed by atoms with Gasteiger partial charge in [-0.1, -0.05) is 19.1 Å². The van der Waals surface area contributed by atoms with Crippen LogP contribution in [0.15, 0.2) is 36.4 Å². The van der Waals surface area contributed by atoms with E-state index < -0.39 is 6.36 Å². The van der Waals surface area contributed by atoms with E-state index in [0.29, 0.717) is 42.5 Å². The van der Waals surface area contributed by atoms with E-state index in [4.69, 9.17) is 0 Å². The molecule has 0 saturated carbocycles. The molecule has 2 fully saturated rings. The molecule has 7 nitrogen and oxygen atoms in total. The van der Waals surface area contributed by atoms with Crippen molar-refractivity contribution in [2.45, 2.75) is 51.9 Å². The molecule has 1 N–H and O–H groups in total. The number of likely N-dealkylation sites (tertiary alicyclic amines) is 1. The molecule has 10 heteroatoms. The number of pyridine rings is 1. The van der Waals surface area contributed by atoms with Gasteiger partial charge in [0.25, 0.3) is 5.82 Å². The van der Waals surface area contributed by atoms with Gasteiger partial charge in [0.15, 0.2) is 0 Å². The average molecular weight is 493 g/mol. The molecule has 4 rings (SSSR count). The summed E-state index contributed by atoms with van der Waals surface area (Å²) < 4.78 is 41.7. The number of hydrogen-bond donors (Lipinski definition) is 1. The number of anilines is 2. The van der Waals surface area contributed by atoms with E-state index in [1.54, 1.807) is 11.8 Å². The highest BCUT2D eigenvalue weighted by atomic mass is 19.4. The molecule has 0 unspecified atom stereocenters. The molecule has 0 bridgehead atoms. The number of rotatable bonds is 6. The standard InChI is InChI=1S/C25H31F3N4O3/c1-17-7-10-30(11-8-17)21-13-18(2)32(34)23(15-21)29-20-9-12-31(16-20)24(33)14-19-3-5-22(6-4-19)35-25(26,27)28/h3-6,13,15,17,20,29H,7-12,14,16H2,1-2H3/t20-/m0/s1. The first kappa shape index (κ1) is 24.9. The first-order chi connectivity index (χ1) is 16.6. The highest BCUT2D eigenvalue weighted by Crippen LogP contribution is 2.26. The summed E-state index contributed by atoms with van der Waals surface area (Å²) in [5, 5.41) is 16.0. The minimum absolute atomic E-state index is 0.0576. The lowest BCUT2D eigenvalue weighted by Gasteiger charge is -2.32. The molecule has 0 spiro atoms. The third kappa shape index (κ3) is 6.49. The van der Waals surface area contributed by atoms with Crippen molar-refractivity contribution in [2.24, 2.45) is 5.92 Å². The fraction of sp³-hybridized carbons (Fsp3) is 0.520. The van der Waals surface area contributed by atoms with E-state index in [1.807, 2.05) is 12.1 Å². The van der Waals surface area contributed by atoms with Crippen molar-refractivity contribution >= 4 is 17.4 Å². The number of benzene rings is 1. The molecule has 2 saturated heterocycles. The Bertz CT molecular complexity index is 1040. The maximum absolute atomic E-state index is 12.7. The number of carbonyl (C=O) groups is 1. The van der Waals surface area contributed by atoms with Crippen LogP contribution in [0.2, 0.25) is 0 Å². The molecule has 35 heavy (non-hydrogen) atoms. The van der Waals surface area contributed by atoms with Crippen molar-refractivity contribution in [1.82, 2.24) is 4.90 Å². The molecule has 2 aliphatic rings. The molecule has 1 amide bonds. The Hall–Kier alpha value is -3.17. The number of carbonyl (C=O) groups excluding carboxylic acids is 1. The fourth-order valence-electron chi connectivity index (χ4n) is 4.66. The van der Waals surface area contributed by atoms with E-state index in [0.717, 1.165) is 36.3 Å². The SMILES string of the molecule is Cc1cc(N2CCC(C)CC2)cc(N[C@H]2CCN(C(=O)Cc3ccc(OC(F)(F)F)cc3)C2)[n+]1[O-]. The van der Waals surface area contributed by atoms with Crippen LogP contribution in [0.5, 0.6) is 5.75 Å². The zero-order chi connectivity index (χ0) is 25.2. The molecule has 1 aromatic carbocycles. The number of alkyl halides is 3. The van der Waals surface area contributed by atoms with Crippen LogP contribution in [0.3, 0.4) is 0 Å². The average Bonchev–Trinajstić information content (AvgIpc) is 3.26. The topological polar surface area (TPSA) is 71.8 Å². The van der Waals surface area contributed by atoms with E-state index >= 15 is 0 Å². The van der Waals surface area contributed by atoms with Crippen LogP contribution in [0, 0.1) is 18.0 Å². The Morgan fingerprint density at radius 2 is 1.83 bits per heavy atom. The largest absolute Gasteiger partial charge is 0.710 e. The summed E-state index contributed by atoms with van der Waals surface area (Å²) >= 11 is 0. The number of amides is 1. The van der Waals surface area contributed by atoms with E-state index in [1.165, 1.54) is 24.3 Å². The van der Waals surface area contributed by atoms with Crippen LogP contribution in [-0.4, -0.2) is 49.4 Å². The van der Waals surface area contributed by atoms with Crippen LogP contribution < -0.4 is 19.7 Å². The van der Waals surface area contributed by atoms with Gasteiger partial charge in [0.2, 0.25) is 5.91 Å². The second-order valence-corrected chi connectivity index (χ2v) is 9.54. The number of nitrogens with zero attached hydrogens (tertiary/aromatic N) is 3. The van der Waals surface area contributed by atoms with Crippen LogP contribution in [0.1, 0.15) is 37.4 Å². The molecular formula is C25H31F3N4O3. The van der Waals surface area contributed by atoms with E-state index in [9.17, 15) is 23.2 Å². The number of piperidine rings is 1. The third-order valence-corrected chi connectivity index (χ3v) is 6.73. The van der Waals surface area contributed by atoms with Crippen LogP contribution >= 0.6 is 0 Å². The highest BCUT2D eigenvalue weighted by Gasteiger charge is 2.32. The number of aromatic nitrogens is 1. The second-order valence-electron chi connectivity index (χ2n) is 9.54. The van der Waals surface area contributed by atoms with Gasteiger partial charge >= 0.3 is 6.36 Å². The van der Waals surface area contributed by atoms with Gasteiger partial charge in [0.1, 0.15) is 17.5 Å². The second kappa shape index (κ2) is 10.2. The molecule has 190 valence electrons. The van der Waals surface area contributed by atoms with Crippen molar-refractivity contribution in [3.05, 3.63) is 52.9 Å². The van der Waals surface area contributed by atoms with Crippen LogP contribution in [-0.2, 0) is 11.2 Å². The molecule has 0 radical (unpaired) electrons. The molecule has 0 aliphatic carbocycles. The molecule has 3 heterocycles. The monoisotopic (exact) mass is 492 g/mol. The first-order valence-electron chi connectivity index (χ1n) is 12.0. The summed E-state index contributed by atoms with van der Waals surface area (Å²) in [5.41, 5.74) is 2.26. The van der Waals surface area contributed by atoms with Gasteiger partial charge in [-0.2, -0.15) is 0 Å². The number of hydrogen-bond acceptors (Lipinski definition) is 5. The predicted molar refractivity (Wildman–Crippen MR) is 126 cm³/mol. The van der Waals surface area contributed by atoms with E-state index in [2.05, 4.69) is 21.9 Å². The first-order valence-corrected chi connectivity index (χ1v) is 12.0. The normalized spacial score (nSPS) is 19.2. The van der Waals surface area contributed by atoms with Gasteiger partial charge in [-0.15, -0.1) is 13.2 Å². The summed E-state index contributed by atoms with van der Waals surface area (Å²) in [4.78, 5) is 16.8. The minimum atomic E-state index is -4.75. The van der Waals surface area contributed by atoms with Crippen molar-refractivity contribution in [3.63, 3.8) is 0 Å². The number of halogens is 3. The zero-order valence-electron chi connectivity index (χ0n) is 20.0. The van der Waals surface area contributed by atoms with E-state index in [-0.39, 0.29) is 24.1 Å². The maximum Gasteiger partial charge on any atom is 0.573 e. The van der Waals surface area contributed by atoms with Crippen molar-refractivity contribution < 1.29 is 27.4 Å². The lowest BCUT2D eigenvalue weighted by Crippen LogP contribution is -2.40. The zero-order valence-corrected chi connectivity index (χ0v) is 20.0. The smallest absolute Gasteiger partial charge is 0.573 e. The van der Waals surface area contributed by atoms with Gasteiger partial charge in [-0.05, 0) is 43.4 Å². The fourth-order valence-corrected chi connectivity index (χ4v) is 4.66. The molecule has 2 aliphatic heterocycles. The van der Waals surface area contributed by atoms with Gasteiger partial charge in [-0.3, -0.25) is 10.1 Å². The van der Waals surface area contributed by atoms with Crippen LogP contribution in [0.25, 0.3) is 0 Å². The minimum Gasteiger partial charge on any atom is -0.710 e. The predicted octanol–water partition coefficient (Wildman–Crippen LogP) is 4.02. The highest BCUT2D eigenvalue weighted by molar-refractivity contribution is 5.79. The lowest BCUT2D eigenvalue weighted by atomic mass is 9.99. The Balaban J connectivity index is 1.34. The summed E-state index contributed by atoms with van der Waals surface area (Å²) in [6, 6.07) is 9.08. The van der Waals surface area contributed by atoms with Crippen molar-refractivity contribution in [2.75, 3.05) is 36.4 Å². The molecular weight excluding hydrogens is 461 g/mol. The summed E-state index contributed by atoms with van der Waals surface area (Å²) in [6.45, 7) is 7.00. The van der Waals surface area contributed by atoms with Crippen molar-refractivity contribution in [1.29, 1.82) is 0 Å². The number of aryl methyl sites for hydroxylation is 1. The Labute approximate surface area is 203 Å². The van der Waals surface area contributed by atoms with Crippen molar-refractivity contribution in [3.8, 4) is 5.75 Å².